The lowest BCUT2D eigenvalue weighted by molar-refractivity contribution is 0.0753. The van der Waals surface area contributed by atoms with Crippen molar-refractivity contribution in [3.05, 3.63) is 15.8 Å². The molecule has 1 aromatic heterocycles. The zero-order valence-electron chi connectivity index (χ0n) is 10.4. The Morgan fingerprint density at radius 1 is 1.53 bits per heavy atom. The molecule has 0 aliphatic carbocycles. The van der Waals surface area contributed by atoms with Crippen LogP contribution in [0.4, 0.5) is 5.69 Å². The van der Waals surface area contributed by atoms with Gasteiger partial charge in [-0.25, -0.2) is 0 Å². The summed E-state index contributed by atoms with van der Waals surface area (Å²) in [6, 6.07) is 1.80. The number of hydrogen-bond donors (Lipinski definition) is 1. The second-order valence-electron chi connectivity index (χ2n) is 4.96. The molecule has 0 atom stereocenters. The van der Waals surface area contributed by atoms with Crippen molar-refractivity contribution in [2.45, 2.75) is 25.5 Å². The van der Waals surface area contributed by atoms with E-state index in [4.69, 9.17) is 5.73 Å². The van der Waals surface area contributed by atoms with Gasteiger partial charge < -0.3 is 10.6 Å². The zero-order chi connectivity index (χ0) is 12.6. The van der Waals surface area contributed by atoms with Gasteiger partial charge in [0, 0.05) is 34.2 Å². The Bertz CT molecular complexity index is 420. The summed E-state index contributed by atoms with van der Waals surface area (Å²) < 4.78 is 0.158. The standard InChI is InChI=1S/C12H18N2OS2/c1-8-9(13)6-10(17-8)11(15)14-4-5-16-12(2,3)7-14/h6H,4-5,7,13H2,1-3H3. The first-order chi connectivity index (χ1) is 7.89. The van der Waals surface area contributed by atoms with E-state index < -0.39 is 0 Å². The average molecular weight is 270 g/mol. The summed E-state index contributed by atoms with van der Waals surface area (Å²) >= 11 is 3.42. The third-order valence-corrected chi connectivity index (χ3v) is 5.23. The number of thiophene rings is 1. The number of amides is 1. The molecule has 0 bridgehead atoms. The molecule has 0 aromatic carbocycles. The van der Waals surface area contributed by atoms with Gasteiger partial charge in [0.15, 0.2) is 0 Å². The molecule has 0 saturated carbocycles. The van der Waals surface area contributed by atoms with E-state index in [2.05, 4.69) is 13.8 Å². The number of rotatable bonds is 1. The predicted octanol–water partition coefficient (Wildman–Crippen LogP) is 2.61. The summed E-state index contributed by atoms with van der Waals surface area (Å²) in [7, 11) is 0. The van der Waals surface area contributed by atoms with E-state index in [0.29, 0.717) is 0 Å². The summed E-state index contributed by atoms with van der Waals surface area (Å²) in [6.45, 7) is 7.97. The molecule has 1 aromatic rings. The van der Waals surface area contributed by atoms with Crippen LogP contribution in [0, 0.1) is 6.92 Å². The van der Waals surface area contributed by atoms with Gasteiger partial charge in [-0.2, -0.15) is 11.8 Å². The lowest BCUT2D eigenvalue weighted by Gasteiger charge is -2.37. The van der Waals surface area contributed by atoms with Gasteiger partial charge in [-0.15, -0.1) is 11.3 Å². The number of thioether (sulfide) groups is 1. The highest BCUT2D eigenvalue weighted by atomic mass is 32.2. The van der Waals surface area contributed by atoms with Crippen LogP contribution in [0.25, 0.3) is 0 Å². The van der Waals surface area contributed by atoms with Gasteiger partial charge >= 0.3 is 0 Å². The fourth-order valence-corrected chi connectivity index (χ4v) is 3.97. The van der Waals surface area contributed by atoms with Crippen LogP contribution < -0.4 is 5.73 Å². The van der Waals surface area contributed by atoms with Crippen molar-refractivity contribution in [3.63, 3.8) is 0 Å². The summed E-state index contributed by atoms with van der Waals surface area (Å²) in [5.41, 5.74) is 6.52. The molecule has 1 aliphatic rings. The molecule has 94 valence electrons. The summed E-state index contributed by atoms with van der Waals surface area (Å²) in [5, 5.41) is 0. The maximum absolute atomic E-state index is 12.3. The molecule has 1 aliphatic heterocycles. The molecular weight excluding hydrogens is 252 g/mol. The van der Waals surface area contributed by atoms with Crippen LogP contribution in [0.3, 0.4) is 0 Å². The molecule has 0 unspecified atom stereocenters. The minimum Gasteiger partial charge on any atom is -0.398 e. The average Bonchev–Trinajstić information content (AvgIpc) is 2.57. The number of nitrogens with zero attached hydrogens (tertiary/aromatic N) is 1. The van der Waals surface area contributed by atoms with Gasteiger partial charge in [0.1, 0.15) is 0 Å². The maximum atomic E-state index is 12.3. The van der Waals surface area contributed by atoms with E-state index in [9.17, 15) is 4.79 Å². The van der Waals surface area contributed by atoms with Gasteiger partial charge in [0.05, 0.1) is 4.88 Å². The lowest BCUT2D eigenvalue weighted by atomic mass is 10.2. The highest BCUT2D eigenvalue weighted by molar-refractivity contribution is 8.00. The number of carbonyl (C=O) groups is 1. The van der Waals surface area contributed by atoms with Crippen molar-refractivity contribution in [1.82, 2.24) is 4.90 Å². The van der Waals surface area contributed by atoms with Crippen molar-refractivity contribution in [2.75, 3.05) is 24.6 Å². The SMILES string of the molecule is Cc1sc(C(=O)N2CCSC(C)(C)C2)cc1N. The maximum Gasteiger partial charge on any atom is 0.264 e. The molecule has 2 heterocycles. The van der Waals surface area contributed by atoms with Crippen LogP contribution in [0.1, 0.15) is 28.4 Å². The topological polar surface area (TPSA) is 46.3 Å². The van der Waals surface area contributed by atoms with Gasteiger partial charge in [0.2, 0.25) is 0 Å². The minimum atomic E-state index is 0.128. The molecule has 5 heteroatoms. The lowest BCUT2D eigenvalue weighted by Crippen LogP contribution is -2.45. The van der Waals surface area contributed by atoms with E-state index in [1.165, 1.54) is 11.3 Å². The van der Waals surface area contributed by atoms with Gasteiger partial charge in [-0.1, -0.05) is 0 Å². The first-order valence-corrected chi connectivity index (χ1v) is 7.48. The first-order valence-electron chi connectivity index (χ1n) is 5.68. The van der Waals surface area contributed by atoms with Crippen LogP contribution >= 0.6 is 23.1 Å². The van der Waals surface area contributed by atoms with Gasteiger partial charge in [-0.05, 0) is 26.8 Å². The summed E-state index contributed by atoms with van der Waals surface area (Å²) in [4.78, 5) is 16.1. The van der Waals surface area contributed by atoms with Crippen LogP contribution in [-0.4, -0.2) is 34.4 Å². The number of nitrogens with two attached hydrogens (primary N) is 1. The molecule has 1 fully saturated rings. The Balaban J connectivity index is 2.15. The third-order valence-electron chi connectivity index (χ3n) is 2.88. The summed E-state index contributed by atoms with van der Waals surface area (Å²) in [5.74, 6) is 1.14. The highest BCUT2D eigenvalue weighted by Gasteiger charge is 2.30. The molecule has 0 radical (unpaired) electrons. The van der Waals surface area contributed by atoms with Gasteiger partial charge in [0.25, 0.3) is 5.91 Å². The van der Waals surface area contributed by atoms with Crippen LogP contribution in [0.2, 0.25) is 0 Å². The molecular formula is C12H18N2OS2. The molecule has 1 amide bonds. The Kier molecular flexibility index (Phi) is 3.41. The largest absolute Gasteiger partial charge is 0.398 e. The number of aryl methyl sites for hydroxylation is 1. The van der Waals surface area contributed by atoms with Crippen molar-refractivity contribution >= 4 is 34.7 Å². The predicted molar refractivity (Wildman–Crippen MR) is 75.9 cm³/mol. The number of anilines is 1. The van der Waals surface area contributed by atoms with Crippen molar-refractivity contribution < 1.29 is 4.79 Å². The van der Waals surface area contributed by atoms with E-state index >= 15 is 0 Å². The molecule has 2 rings (SSSR count). The Morgan fingerprint density at radius 3 is 2.76 bits per heavy atom. The van der Waals surface area contributed by atoms with Crippen LogP contribution in [-0.2, 0) is 0 Å². The fourth-order valence-electron chi connectivity index (χ4n) is 1.95. The van der Waals surface area contributed by atoms with E-state index in [1.54, 1.807) is 6.07 Å². The highest BCUT2D eigenvalue weighted by Crippen LogP contribution is 2.31. The Hall–Kier alpha value is -0.680. The number of hydrogen-bond acceptors (Lipinski definition) is 4. The summed E-state index contributed by atoms with van der Waals surface area (Å²) in [6.07, 6.45) is 0. The monoisotopic (exact) mass is 270 g/mol. The van der Waals surface area contributed by atoms with Crippen LogP contribution in [0.5, 0.6) is 0 Å². The number of nitrogen functional groups attached to an aromatic ring is 1. The fraction of sp³-hybridized carbons (Fsp3) is 0.583. The third kappa shape index (κ3) is 2.77. The van der Waals surface area contributed by atoms with E-state index in [0.717, 1.165) is 34.3 Å². The van der Waals surface area contributed by atoms with E-state index in [-0.39, 0.29) is 10.7 Å². The van der Waals surface area contributed by atoms with Crippen molar-refractivity contribution in [1.29, 1.82) is 0 Å². The molecule has 3 nitrogen and oxygen atoms in total. The number of carbonyl (C=O) groups excluding carboxylic acids is 1. The molecule has 0 spiro atoms. The first kappa shape index (κ1) is 12.8. The molecule has 17 heavy (non-hydrogen) atoms. The smallest absolute Gasteiger partial charge is 0.264 e. The zero-order valence-corrected chi connectivity index (χ0v) is 12.1. The van der Waals surface area contributed by atoms with Crippen molar-refractivity contribution in [2.24, 2.45) is 0 Å². The minimum absolute atomic E-state index is 0.128. The second-order valence-corrected chi connectivity index (χ2v) is 8.02. The molecule has 2 N–H and O–H groups in total. The van der Waals surface area contributed by atoms with Crippen LogP contribution in [0.15, 0.2) is 6.07 Å². The normalized spacial score (nSPS) is 19.4. The van der Waals surface area contributed by atoms with E-state index in [1.807, 2.05) is 23.6 Å². The second kappa shape index (κ2) is 4.53. The Labute approximate surface area is 110 Å². The quantitative estimate of drug-likeness (QED) is 0.853. The van der Waals surface area contributed by atoms with Gasteiger partial charge in [-0.3, -0.25) is 4.79 Å². The van der Waals surface area contributed by atoms with Crippen molar-refractivity contribution in [3.8, 4) is 0 Å². The molecule has 1 saturated heterocycles. The Morgan fingerprint density at radius 2 is 2.24 bits per heavy atom.